The highest BCUT2D eigenvalue weighted by molar-refractivity contribution is 6.42. The largest absolute Gasteiger partial charge is 0.386 e. The molecule has 10 heavy (non-hydrogen) atoms. The summed E-state index contributed by atoms with van der Waals surface area (Å²) in [6, 6.07) is 0. The van der Waals surface area contributed by atoms with E-state index >= 15 is 0 Å². The molecule has 0 heterocycles. The fraction of sp³-hybridized carbons (Fsp3) is 0.286. The molecule has 0 aliphatic rings. The number of carbonyl (C=O) groups is 1. The number of nitrogens with one attached hydrogen (secondary N) is 1. The minimum atomic E-state index is -0.141. The van der Waals surface area contributed by atoms with E-state index in [0.717, 1.165) is 0 Å². The first-order valence-electron chi connectivity index (χ1n) is 2.89. The summed E-state index contributed by atoms with van der Waals surface area (Å²) in [5.74, 6) is -0.141. The topological polar surface area (TPSA) is 29.1 Å². The van der Waals surface area contributed by atoms with E-state index in [-0.39, 0.29) is 10.8 Å². The third kappa shape index (κ3) is 4.15. The van der Waals surface area contributed by atoms with Crippen LogP contribution in [-0.2, 0) is 4.79 Å². The third-order valence-corrected chi connectivity index (χ3v) is 1.20. The molecule has 0 aromatic rings. The van der Waals surface area contributed by atoms with E-state index in [1.807, 2.05) is 0 Å². The van der Waals surface area contributed by atoms with E-state index in [1.165, 1.54) is 13.1 Å². The van der Waals surface area contributed by atoms with Crippen LogP contribution >= 0.6 is 11.6 Å². The molecule has 2 nitrogen and oxygen atoms in total. The molecule has 56 valence electrons. The Balaban J connectivity index is 3.68. The predicted octanol–water partition coefficient (Wildman–Crippen LogP) is 1.43. The first-order chi connectivity index (χ1) is 4.68. The summed E-state index contributed by atoms with van der Waals surface area (Å²) in [5.41, 5.74) is 0. The van der Waals surface area contributed by atoms with Crippen molar-refractivity contribution >= 4 is 17.4 Å². The van der Waals surface area contributed by atoms with Crippen molar-refractivity contribution in [2.24, 2.45) is 0 Å². The van der Waals surface area contributed by atoms with E-state index < -0.39 is 0 Å². The van der Waals surface area contributed by atoms with Crippen LogP contribution in [-0.4, -0.2) is 12.3 Å². The molecule has 0 fully saturated rings. The first-order valence-corrected chi connectivity index (χ1v) is 3.27. The van der Waals surface area contributed by atoms with Gasteiger partial charge in [0.25, 0.3) is 0 Å². The highest BCUT2D eigenvalue weighted by Gasteiger charge is 1.95. The Morgan fingerprint density at radius 3 is 2.80 bits per heavy atom. The molecule has 0 aliphatic heterocycles. The highest BCUT2D eigenvalue weighted by atomic mass is 35.5. The molecule has 0 radical (unpaired) electrons. The normalized spacial score (nSPS) is 10.8. The van der Waals surface area contributed by atoms with Gasteiger partial charge in [0.1, 0.15) is 0 Å². The molecule has 0 aromatic carbocycles. The molecule has 0 unspecified atom stereocenters. The lowest BCUT2D eigenvalue weighted by Crippen LogP contribution is -2.05. The van der Waals surface area contributed by atoms with Crippen molar-refractivity contribution in [1.29, 1.82) is 0 Å². The fourth-order valence-corrected chi connectivity index (χ4v) is 0.411. The van der Waals surface area contributed by atoms with Crippen molar-refractivity contribution < 1.29 is 4.79 Å². The van der Waals surface area contributed by atoms with Crippen LogP contribution in [0.25, 0.3) is 0 Å². The Labute approximate surface area is 65.6 Å². The molecule has 0 rings (SSSR count). The van der Waals surface area contributed by atoms with Crippen LogP contribution in [0, 0.1) is 0 Å². The lowest BCUT2D eigenvalue weighted by molar-refractivity contribution is -0.113. The van der Waals surface area contributed by atoms with E-state index in [9.17, 15) is 4.79 Å². The maximum absolute atomic E-state index is 10.5. The maximum Gasteiger partial charge on any atom is 0.172 e. The van der Waals surface area contributed by atoms with Crippen LogP contribution in [0.3, 0.4) is 0 Å². The number of rotatable bonds is 4. The zero-order chi connectivity index (χ0) is 7.98. The minimum absolute atomic E-state index is 0.141. The lowest BCUT2D eigenvalue weighted by Gasteiger charge is -1.93. The molecule has 0 saturated carbocycles. The summed E-state index contributed by atoms with van der Waals surface area (Å²) in [4.78, 5) is 10.5. The maximum atomic E-state index is 10.5. The van der Waals surface area contributed by atoms with Crippen molar-refractivity contribution in [3.05, 3.63) is 23.9 Å². The smallest absolute Gasteiger partial charge is 0.172 e. The molecule has 1 N–H and O–H groups in total. The van der Waals surface area contributed by atoms with E-state index in [2.05, 4.69) is 11.9 Å². The number of Topliss-reactive ketones (excluding diaryl/α,β-unsaturated/α-hetero) is 1. The Morgan fingerprint density at radius 1 is 1.80 bits per heavy atom. The van der Waals surface area contributed by atoms with Crippen molar-refractivity contribution in [3.63, 3.8) is 0 Å². The molecular weight excluding hydrogens is 150 g/mol. The fourth-order valence-electron chi connectivity index (χ4n) is 0.333. The molecule has 0 aromatic heterocycles. The van der Waals surface area contributed by atoms with Gasteiger partial charge in [-0.15, -0.1) is 6.58 Å². The van der Waals surface area contributed by atoms with Crippen molar-refractivity contribution in [1.82, 2.24) is 5.32 Å². The molecule has 0 atom stereocenters. The van der Waals surface area contributed by atoms with Gasteiger partial charge >= 0.3 is 0 Å². The van der Waals surface area contributed by atoms with Gasteiger partial charge in [0.2, 0.25) is 0 Å². The third-order valence-electron chi connectivity index (χ3n) is 0.827. The standard InChI is InChI=1S/C7H10ClNO/c1-3-4-9-5-7(8)6(2)10/h3,5,9H,1,4H2,2H3. The number of ketones is 1. The highest BCUT2D eigenvalue weighted by Crippen LogP contribution is 1.98. The lowest BCUT2D eigenvalue weighted by atomic mass is 10.4. The average molecular weight is 160 g/mol. The second-order valence-corrected chi connectivity index (χ2v) is 2.15. The van der Waals surface area contributed by atoms with Crippen LogP contribution in [0.2, 0.25) is 0 Å². The molecule has 0 aliphatic carbocycles. The minimum Gasteiger partial charge on any atom is -0.386 e. The second kappa shape index (κ2) is 5.06. The van der Waals surface area contributed by atoms with Gasteiger partial charge in [-0.3, -0.25) is 4.79 Å². The Bertz CT molecular complexity index is 163. The second-order valence-electron chi connectivity index (χ2n) is 1.75. The van der Waals surface area contributed by atoms with Gasteiger partial charge in [-0.2, -0.15) is 0 Å². The first kappa shape index (κ1) is 9.24. The van der Waals surface area contributed by atoms with E-state index in [1.54, 1.807) is 6.08 Å². The number of hydrogen-bond donors (Lipinski definition) is 1. The summed E-state index contributed by atoms with van der Waals surface area (Å²) in [7, 11) is 0. The summed E-state index contributed by atoms with van der Waals surface area (Å²) in [6.07, 6.45) is 3.15. The molecule has 0 amide bonds. The Morgan fingerprint density at radius 2 is 2.40 bits per heavy atom. The zero-order valence-corrected chi connectivity index (χ0v) is 6.61. The van der Waals surface area contributed by atoms with Crippen molar-refractivity contribution in [2.75, 3.05) is 6.54 Å². The number of hydrogen-bond acceptors (Lipinski definition) is 2. The predicted molar refractivity (Wildman–Crippen MR) is 42.8 cm³/mol. The van der Waals surface area contributed by atoms with Gasteiger partial charge in [-0.25, -0.2) is 0 Å². The van der Waals surface area contributed by atoms with Gasteiger partial charge in [0.05, 0.1) is 5.03 Å². The number of carbonyl (C=O) groups excluding carboxylic acids is 1. The van der Waals surface area contributed by atoms with E-state index in [0.29, 0.717) is 6.54 Å². The van der Waals surface area contributed by atoms with Crippen molar-refractivity contribution in [3.8, 4) is 0 Å². The summed E-state index contributed by atoms with van der Waals surface area (Å²) in [5, 5.41) is 2.99. The summed E-state index contributed by atoms with van der Waals surface area (Å²) in [6.45, 7) is 5.51. The van der Waals surface area contributed by atoms with Gasteiger partial charge in [0, 0.05) is 19.7 Å². The number of allylic oxidation sites excluding steroid dienone is 1. The molecule has 3 heteroatoms. The van der Waals surface area contributed by atoms with Crippen LogP contribution in [0.1, 0.15) is 6.92 Å². The van der Waals surface area contributed by atoms with Gasteiger partial charge in [-0.1, -0.05) is 17.7 Å². The van der Waals surface area contributed by atoms with Crippen LogP contribution < -0.4 is 5.32 Å². The molecule has 0 spiro atoms. The molecular formula is C7H10ClNO. The van der Waals surface area contributed by atoms with Crippen LogP contribution in [0.5, 0.6) is 0 Å². The molecule has 0 bridgehead atoms. The van der Waals surface area contributed by atoms with Crippen LogP contribution in [0.15, 0.2) is 23.9 Å². The number of halogens is 1. The summed E-state index contributed by atoms with van der Waals surface area (Å²) >= 11 is 5.47. The monoisotopic (exact) mass is 159 g/mol. The van der Waals surface area contributed by atoms with Crippen molar-refractivity contribution in [2.45, 2.75) is 6.92 Å². The molecule has 0 saturated heterocycles. The SMILES string of the molecule is C=CCNC=C(Cl)C(C)=O. The zero-order valence-electron chi connectivity index (χ0n) is 5.86. The summed E-state index contributed by atoms with van der Waals surface area (Å²) < 4.78 is 0. The Hall–Kier alpha value is -0.760. The Kier molecular flexibility index (Phi) is 4.67. The van der Waals surface area contributed by atoms with E-state index in [4.69, 9.17) is 11.6 Å². The van der Waals surface area contributed by atoms with Gasteiger partial charge in [0.15, 0.2) is 5.78 Å². The van der Waals surface area contributed by atoms with Gasteiger partial charge in [-0.05, 0) is 0 Å². The average Bonchev–Trinajstić information content (AvgIpc) is 1.88. The van der Waals surface area contributed by atoms with Gasteiger partial charge < -0.3 is 5.32 Å². The van der Waals surface area contributed by atoms with Crippen LogP contribution in [0.4, 0.5) is 0 Å². The quantitative estimate of drug-likeness (QED) is 0.382.